The summed E-state index contributed by atoms with van der Waals surface area (Å²) < 4.78 is 14.2. The zero-order chi connectivity index (χ0) is 13.3. The topological polar surface area (TPSA) is 43.1 Å². The minimum absolute atomic E-state index is 0.0233. The molecule has 0 fully saturated rings. The highest BCUT2D eigenvalue weighted by Gasteiger charge is 2.16. The first-order valence-corrected chi connectivity index (χ1v) is 6.21. The number of hydrogen-bond acceptors (Lipinski definition) is 2. The average molecular weight is 329 g/mol. The maximum atomic E-state index is 13.7. The second-order valence-corrected chi connectivity index (χ2v) is 4.98. The van der Waals surface area contributed by atoms with E-state index < -0.39 is 11.6 Å². The summed E-state index contributed by atoms with van der Waals surface area (Å²) in [7, 11) is 0. The highest BCUT2D eigenvalue weighted by Crippen LogP contribution is 2.24. The zero-order valence-electron chi connectivity index (χ0n) is 9.08. The molecule has 2 nitrogen and oxygen atoms in total. The Morgan fingerprint density at radius 3 is 2.44 bits per heavy atom. The molecule has 2 aromatic rings. The molecule has 0 heterocycles. The third kappa shape index (κ3) is 2.54. The van der Waals surface area contributed by atoms with E-state index in [-0.39, 0.29) is 10.6 Å². The van der Waals surface area contributed by atoms with Crippen molar-refractivity contribution in [2.24, 2.45) is 0 Å². The second kappa shape index (κ2) is 5.08. The van der Waals surface area contributed by atoms with Crippen molar-refractivity contribution in [2.45, 2.75) is 0 Å². The summed E-state index contributed by atoms with van der Waals surface area (Å²) in [5.74, 6) is -1.06. The summed E-state index contributed by atoms with van der Waals surface area (Å²) in [6.07, 6.45) is 0. The Morgan fingerprint density at radius 2 is 1.83 bits per heavy atom. The molecule has 0 saturated heterocycles. The van der Waals surface area contributed by atoms with Crippen molar-refractivity contribution < 1.29 is 9.18 Å². The fraction of sp³-hybridized carbons (Fsp3) is 0. The van der Waals surface area contributed by atoms with Crippen molar-refractivity contribution in [3.05, 3.63) is 62.8 Å². The molecule has 5 heteroatoms. The van der Waals surface area contributed by atoms with Gasteiger partial charge < -0.3 is 5.73 Å². The molecule has 0 amide bonds. The Kier molecular flexibility index (Phi) is 3.68. The molecule has 0 spiro atoms. The van der Waals surface area contributed by atoms with Crippen LogP contribution in [-0.2, 0) is 0 Å². The molecule has 0 saturated carbocycles. The minimum atomic E-state index is -0.642. The molecule has 0 bridgehead atoms. The molecule has 0 aliphatic heterocycles. The molecule has 0 unspecified atom stereocenters. The maximum Gasteiger partial charge on any atom is 0.197 e. The van der Waals surface area contributed by atoms with Gasteiger partial charge >= 0.3 is 0 Å². The third-order valence-corrected chi connectivity index (χ3v) is 3.30. The van der Waals surface area contributed by atoms with E-state index in [2.05, 4.69) is 15.9 Å². The monoisotopic (exact) mass is 327 g/mol. The van der Waals surface area contributed by atoms with Crippen molar-refractivity contribution in [1.82, 2.24) is 0 Å². The molecule has 0 aliphatic carbocycles. The normalized spacial score (nSPS) is 10.4. The van der Waals surface area contributed by atoms with Crippen LogP contribution in [0.25, 0.3) is 0 Å². The molecule has 0 radical (unpaired) electrons. The van der Waals surface area contributed by atoms with Gasteiger partial charge in [0.2, 0.25) is 0 Å². The Balaban J connectivity index is 2.48. The number of hydrogen-bond donors (Lipinski definition) is 1. The first-order chi connectivity index (χ1) is 8.49. The smallest absolute Gasteiger partial charge is 0.197 e. The van der Waals surface area contributed by atoms with Crippen molar-refractivity contribution in [2.75, 3.05) is 5.73 Å². The van der Waals surface area contributed by atoms with Crippen molar-refractivity contribution >= 4 is 39.0 Å². The lowest BCUT2D eigenvalue weighted by Crippen LogP contribution is -2.05. The van der Waals surface area contributed by atoms with E-state index in [1.807, 2.05) is 0 Å². The van der Waals surface area contributed by atoms with E-state index >= 15 is 0 Å². The number of nitrogen functional groups attached to an aromatic ring is 1. The number of ketones is 1. The van der Waals surface area contributed by atoms with Crippen LogP contribution in [0.2, 0.25) is 5.02 Å². The number of anilines is 1. The van der Waals surface area contributed by atoms with Crippen molar-refractivity contribution in [1.29, 1.82) is 0 Å². The maximum absolute atomic E-state index is 13.7. The van der Waals surface area contributed by atoms with Crippen LogP contribution in [0.15, 0.2) is 40.9 Å². The van der Waals surface area contributed by atoms with Crippen molar-refractivity contribution in [3.63, 3.8) is 0 Å². The molecule has 2 aromatic carbocycles. The Labute approximate surface area is 117 Å². The summed E-state index contributed by atoms with van der Waals surface area (Å²) >= 11 is 8.88. The predicted molar refractivity (Wildman–Crippen MR) is 73.4 cm³/mol. The van der Waals surface area contributed by atoms with Gasteiger partial charge in [0.25, 0.3) is 0 Å². The number of benzene rings is 2. The molecular weight excluding hydrogens is 321 g/mol. The van der Waals surface area contributed by atoms with E-state index in [0.29, 0.717) is 15.7 Å². The lowest BCUT2D eigenvalue weighted by molar-refractivity contribution is 0.103. The minimum Gasteiger partial charge on any atom is -0.399 e. The van der Waals surface area contributed by atoms with Gasteiger partial charge in [-0.3, -0.25) is 4.79 Å². The van der Waals surface area contributed by atoms with Crippen LogP contribution < -0.4 is 5.73 Å². The predicted octanol–water partition coefficient (Wildman–Crippen LogP) is 4.05. The van der Waals surface area contributed by atoms with E-state index in [1.54, 1.807) is 18.2 Å². The lowest BCUT2D eigenvalue weighted by atomic mass is 10.0. The van der Waals surface area contributed by atoms with Crippen LogP contribution in [0.4, 0.5) is 10.1 Å². The molecule has 0 aromatic heterocycles. The van der Waals surface area contributed by atoms with E-state index in [9.17, 15) is 9.18 Å². The first kappa shape index (κ1) is 13.1. The van der Waals surface area contributed by atoms with Gasteiger partial charge in [-0.2, -0.15) is 0 Å². The van der Waals surface area contributed by atoms with Gasteiger partial charge in [0, 0.05) is 20.7 Å². The van der Waals surface area contributed by atoms with Gasteiger partial charge in [0.15, 0.2) is 5.78 Å². The zero-order valence-corrected chi connectivity index (χ0v) is 11.4. The Morgan fingerprint density at radius 1 is 1.17 bits per heavy atom. The number of halogens is 3. The number of nitrogens with two attached hydrogens (primary N) is 1. The Hall–Kier alpha value is -1.39. The van der Waals surface area contributed by atoms with Gasteiger partial charge in [0.05, 0.1) is 5.56 Å². The van der Waals surface area contributed by atoms with Crippen LogP contribution in [-0.4, -0.2) is 5.78 Å². The summed E-state index contributed by atoms with van der Waals surface area (Å²) in [6.45, 7) is 0. The van der Waals surface area contributed by atoms with Gasteiger partial charge in [0.1, 0.15) is 5.82 Å². The standard InChI is InChI=1S/C13H8BrClFNO/c14-11-6-8(17)2-4-9(11)13(18)10-3-1-7(15)5-12(10)16/h1-6H,17H2. The largest absolute Gasteiger partial charge is 0.399 e. The summed E-state index contributed by atoms with van der Waals surface area (Å²) in [4.78, 5) is 12.2. The summed E-state index contributed by atoms with van der Waals surface area (Å²) in [6, 6.07) is 8.69. The van der Waals surface area contributed by atoms with Gasteiger partial charge in [-0.15, -0.1) is 0 Å². The Bertz CT molecular complexity index is 577. The number of carbonyl (C=O) groups is 1. The second-order valence-electron chi connectivity index (χ2n) is 3.69. The van der Waals surface area contributed by atoms with Crippen LogP contribution in [0.5, 0.6) is 0 Å². The fourth-order valence-electron chi connectivity index (χ4n) is 1.53. The molecule has 2 rings (SSSR count). The average Bonchev–Trinajstić information content (AvgIpc) is 2.28. The molecule has 18 heavy (non-hydrogen) atoms. The lowest BCUT2D eigenvalue weighted by Gasteiger charge is -2.06. The molecule has 92 valence electrons. The highest BCUT2D eigenvalue weighted by atomic mass is 79.9. The molecular formula is C13H8BrClFNO. The van der Waals surface area contributed by atoms with Gasteiger partial charge in [-0.05, 0) is 52.3 Å². The molecule has 2 N–H and O–H groups in total. The highest BCUT2D eigenvalue weighted by molar-refractivity contribution is 9.10. The summed E-state index contributed by atoms with van der Waals surface area (Å²) in [5, 5.41) is 0.250. The van der Waals surface area contributed by atoms with Crippen LogP contribution in [0.3, 0.4) is 0 Å². The van der Waals surface area contributed by atoms with Gasteiger partial charge in [-0.25, -0.2) is 4.39 Å². The van der Waals surface area contributed by atoms with E-state index in [4.69, 9.17) is 17.3 Å². The molecule has 0 atom stereocenters. The third-order valence-electron chi connectivity index (χ3n) is 2.41. The number of carbonyl (C=O) groups excluding carboxylic acids is 1. The summed E-state index contributed by atoms with van der Waals surface area (Å²) in [5.41, 5.74) is 6.44. The fourth-order valence-corrected chi connectivity index (χ4v) is 2.27. The van der Waals surface area contributed by atoms with E-state index in [0.717, 1.165) is 6.07 Å². The molecule has 0 aliphatic rings. The van der Waals surface area contributed by atoms with Crippen LogP contribution in [0.1, 0.15) is 15.9 Å². The quantitative estimate of drug-likeness (QED) is 0.667. The SMILES string of the molecule is Nc1ccc(C(=O)c2ccc(Cl)cc2F)c(Br)c1. The first-order valence-electron chi connectivity index (χ1n) is 5.04. The van der Waals surface area contributed by atoms with Crippen LogP contribution in [0, 0.1) is 5.82 Å². The van der Waals surface area contributed by atoms with Crippen molar-refractivity contribution in [3.8, 4) is 0 Å². The number of rotatable bonds is 2. The van der Waals surface area contributed by atoms with Crippen LogP contribution >= 0.6 is 27.5 Å². The van der Waals surface area contributed by atoms with E-state index in [1.165, 1.54) is 12.1 Å². The van der Waals surface area contributed by atoms with Gasteiger partial charge in [-0.1, -0.05) is 11.6 Å².